The predicted octanol–water partition coefficient (Wildman–Crippen LogP) is 4.48. The average Bonchev–Trinajstić information content (AvgIpc) is 2.73. The van der Waals surface area contributed by atoms with E-state index in [9.17, 15) is 9.59 Å². The van der Waals surface area contributed by atoms with E-state index in [0.717, 1.165) is 11.3 Å². The molecule has 0 aromatic heterocycles. The number of nitrogens with one attached hydrogen (secondary N) is 2. The van der Waals surface area contributed by atoms with Crippen molar-refractivity contribution in [2.45, 2.75) is 13.5 Å². The lowest BCUT2D eigenvalue weighted by Gasteiger charge is -2.12. The van der Waals surface area contributed by atoms with Crippen molar-refractivity contribution in [1.82, 2.24) is 0 Å². The Morgan fingerprint density at radius 2 is 1.52 bits per heavy atom. The maximum atomic E-state index is 12.6. The van der Waals surface area contributed by atoms with E-state index < -0.39 is 0 Å². The minimum absolute atomic E-state index is 0.148. The molecule has 29 heavy (non-hydrogen) atoms. The molecule has 0 unspecified atom stereocenters. The second-order valence-electron chi connectivity index (χ2n) is 6.34. The van der Waals surface area contributed by atoms with Crippen LogP contribution in [0, 0.1) is 0 Å². The first-order valence-electron chi connectivity index (χ1n) is 9.09. The molecule has 0 heterocycles. The van der Waals surface area contributed by atoms with E-state index in [1.165, 1.54) is 6.92 Å². The lowest BCUT2D eigenvalue weighted by Crippen LogP contribution is -2.13. The molecule has 0 fully saturated rings. The summed E-state index contributed by atoms with van der Waals surface area (Å²) < 4.78 is 11.2. The number of hydrogen-bond acceptors (Lipinski definition) is 4. The fraction of sp³-hybridized carbons (Fsp3) is 0.130. The van der Waals surface area contributed by atoms with Crippen LogP contribution < -0.4 is 20.1 Å². The Morgan fingerprint density at radius 3 is 2.14 bits per heavy atom. The molecule has 0 saturated heterocycles. The highest BCUT2D eigenvalue weighted by atomic mass is 16.5. The van der Waals surface area contributed by atoms with Gasteiger partial charge in [-0.2, -0.15) is 0 Å². The Hall–Kier alpha value is -3.80. The number of carbonyl (C=O) groups excluding carboxylic acids is 2. The minimum Gasteiger partial charge on any atom is -0.496 e. The van der Waals surface area contributed by atoms with Crippen molar-refractivity contribution in [3.8, 4) is 11.5 Å². The van der Waals surface area contributed by atoms with E-state index in [1.807, 2.05) is 30.3 Å². The van der Waals surface area contributed by atoms with Gasteiger partial charge in [0, 0.05) is 29.4 Å². The first-order valence-corrected chi connectivity index (χ1v) is 9.09. The second-order valence-corrected chi connectivity index (χ2v) is 6.34. The Bertz CT molecular complexity index is 986. The number of carbonyl (C=O) groups is 2. The molecule has 3 aromatic rings. The minimum atomic E-state index is -0.249. The van der Waals surface area contributed by atoms with Crippen LogP contribution in [-0.4, -0.2) is 18.9 Å². The van der Waals surface area contributed by atoms with Crippen molar-refractivity contribution in [3.05, 3.63) is 83.9 Å². The van der Waals surface area contributed by atoms with Gasteiger partial charge in [-0.15, -0.1) is 0 Å². The molecule has 2 N–H and O–H groups in total. The van der Waals surface area contributed by atoms with E-state index in [0.29, 0.717) is 22.7 Å². The normalized spacial score (nSPS) is 10.1. The Kier molecular flexibility index (Phi) is 6.47. The van der Waals surface area contributed by atoms with Gasteiger partial charge in [-0.05, 0) is 54.6 Å². The summed E-state index contributed by atoms with van der Waals surface area (Å²) in [4.78, 5) is 23.7. The van der Waals surface area contributed by atoms with Gasteiger partial charge in [0.15, 0.2) is 0 Å². The third kappa shape index (κ3) is 5.59. The summed E-state index contributed by atoms with van der Waals surface area (Å²) in [6, 6.07) is 21.6. The molecule has 0 spiro atoms. The van der Waals surface area contributed by atoms with Gasteiger partial charge in [-0.1, -0.05) is 18.2 Å². The lowest BCUT2D eigenvalue weighted by molar-refractivity contribution is -0.114. The summed E-state index contributed by atoms with van der Waals surface area (Å²) in [6.45, 7) is 1.72. The van der Waals surface area contributed by atoms with Gasteiger partial charge in [0.05, 0.1) is 7.11 Å². The van der Waals surface area contributed by atoms with Crippen molar-refractivity contribution >= 4 is 23.2 Å². The molecule has 6 nitrogen and oxygen atoms in total. The number of methoxy groups -OCH3 is 1. The van der Waals surface area contributed by atoms with Crippen molar-refractivity contribution in [3.63, 3.8) is 0 Å². The molecule has 0 saturated carbocycles. The summed E-state index contributed by atoms with van der Waals surface area (Å²) in [7, 11) is 1.58. The Morgan fingerprint density at radius 1 is 0.862 bits per heavy atom. The molecule has 3 rings (SSSR count). The van der Waals surface area contributed by atoms with E-state index >= 15 is 0 Å². The van der Waals surface area contributed by atoms with E-state index in [4.69, 9.17) is 9.47 Å². The molecule has 0 atom stereocenters. The third-order valence-electron chi connectivity index (χ3n) is 4.14. The van der Waals surface area contributed by atoms with Crippen LogP contribution in [0.4, 0.5) is 11.4 Å². The number of rotatable bonds is 7. The van der Waals surface area contributed by atoms with E-state index in [2.05, 4.69) is 10.6 Å². The molecular formula is C23H22N2O4. The molecule has 0 radical (unpaired) electrons. The highest BCUT2D eigenvalue weighted by Crippen LogP contribution is 2.23. The van der Waals surface area contributed by atoms with Gasteiger partial charge in [-0.25, -0.2) is 0 Å². The molecule has 0 aliphatic heterocycles. The zero-order valence-electron chi connectivity index (χ0n) is 16.3. The van der Waals surface area contributed by atoms with Gasteiger partial charge < -0.3 is 20.1 Å². The van der Waals surface area contributed by atoms with E-state index in [1.54, 1.807) is 49.6 Å². The van der Waals surface area contributed by atoms with Crippen molar-refractivity contribution in [1.29, 1.82) is 0 Å². The number of amides is 2. The fourth-order valence-corrected chi connectivity index (χ4v) is 2.75. The summed E-state index contributed by atoms with van der Waals surface area (Å²) >= 11 is 0. The van der Waals surface area contributed by atoms with Gasteiger partial charge in [0.2, 0.25) is 5.91 Å². The van der Waals surface area contributed by atoms with Crippen LogP contribution in [0.3, 0.4) is 0 Å². The predicted molar refractivity (Wildman–Crippen MR) is 112 cm³/mol. The van der Waals surface area contributed by atoms with Gasteiger partial charge in [0.1, 0.15) is 18.1 Å². The smallest absolute Gasteiger partial charge is 0.255 e. The summed E-state index contributed by atoms with van der Waals surface area (Å²) in [5.74, 6) is 0.993. The zero-order valence-corrected chi connectivity index (χ0v) is 16.3. The average molecular weight is 390 g/mol. The first-order chi connectivity index (χ1) is 14.0. The van der Waals surface area contributed by atoms with Crippen LogP contribution in [0.15, 0.2) is 72.8 Å². The Balaban J connectivity index is 1.70. The SMILES string of the molecule is COc1ccc(C(=O)Nc2ccc(NC(C)=O)cc2)cc1COc1ccccc1. The topological polar surface area (TPSA) is 76.7 Å². The highest BCUT2D eigenvalue weighted by Gasteiger charge is 2.11. The molecule has 2 amide bonds. The number of hydrogen-bond donors (Lipinski definition) is 2. The van der Waals surface area contributed by atoms with Crippen molar-refractivity contribution in [2.24, 2.45) is 0 Å². The number of ether oxygens (including phenoxy) is 2. The van der Waals surface area contributed by atoms with Crippen LogP contribution in [0.5, 0.6) is 11.5 Å². The van der Waals surface area contributed by atoms with Crippen molar-refractivity contribution in [2.75, 3.05) is 17.7 Å². The molecule has 3 aromatic carbocycles. The van der Waals surface area contributed by atoms with Crippen LogP contribution in [0.25, 0.3) is 0 Å². The monoisotopic (exact) mass is 390 g/mol. The summed E-state index contributed by atoms with van der Waals surface area (Å²) in [5, 5.41) is 5.53. The molecule has 0 aliphatic carbocycles. The number of anilines is 2. The maximum Gasteiger partial charge on any atom is 0.255 e. The lowest BCUT2D eigenvalue weighted by atomic mass is 10.1. The van der Waals surface area contributed by atoms with Crippen LogP contribution in [0.1, 0.15) is 22.8 Å². The van der Waals surface area contributed by atoms with Crippen LogP contribution in [0.2, 0.25) is 0 Å². The van der Waals surface area contributed by atoms with Crippen LogP contribution in [-0.2, 0) is 11.4 Å². The number of benzene rings is 3. The number of para-hydroxylation sites is 1. The fourth-order valence-electron chi connectivity index (χ4n) is 2.75. The summed E-state index contributed by atoms with van der Waals surface area (Å²) in [5.41, 5.74) is 2.55. The molecule has 6 heteroatoms. The molecular weight excluding hydrogens is 368 g/mol. The summed E-state index contributed by atoms with van der Waals surface area (Å²) in [6.07, 6.45) is 0. The Labute approximate surface area is 169 Å². The van der Waals surface area contributed by atoms with Gasteiger partial charge in [-0.3, -0.25) is 9.59 Å². The maximum absolute atomic E-state index is 12.6. The highest BCUT2D eigenvalue weighted by molar-refractivity contribution is 6.04. The van der Waals surface area contributed by atoms with Crippen molar-refractivity contribution < 1.29 is 19.1 Å². The second kappa shape index (κ2) is 9.41. The van der Waals surface area contributed by atoms with Gasteiger partial charge >= 0.3 is 0 Å². The largest absolute Gasteiger partial charge is 0.496 e. The standard InChI is InChI=1S/C23H22N2O4/c1-16(26)24-19-9-11-20(12-10-19)25-23(27)17-8-13-22(28-2)18(14-17)15-29-21-6-4-3-5-7-21/h3-14H,15H2,1-2H3,(H,24,26)(H,25,27). The van der Waals surface area contributed by atoms with Crippen LogP contribution >= 0.6 is 0 Å². The molecule has 0 bridgehead atoms. The molecule has 0 aliphatic rings. The van der Waals surface area contributed by atoms with E-state index in [-0.39, 0.29) is 18.4 Å². The van der Waals surface area contributed by atoms with Gasteiger partial charge in [0.25, 0.3) is 5.91 Å². The molecule has 148 valence electrons. The quantitative estimate of drug-likeness (QED) is 0.623. The first kappa shape index (κ1) is 19.9. The third-order valence-corrected chi connectivity index (χ3v) is 4.14. The zero-order chi connectivity index (χ0) is 20.6.